The molecule has 1 heterocycles. The van der Waals surface area contributed by atoms with E-state index in [0.29, 0.717) is 23.9 Å². The summed E-state index contributed by atoms with van der Waals surface area (Å²) in [6.07, 6.45) is 0. The summed E-state index contributed by atoms with van der Waals surface area (Å²) < 4.78 is 0. The summed E-state index contributed by atoms with van der Waals surface area (Å²) in [5.74, 6) is 1.31. The van der Waals surface area contributed by atoms with Gasteiger partial charge in [0.05, 0.1) is 0 Å². The Bertz CT molecular complexity index is 465. The Kier molecular flexibility index (Phi) is 6.05. The molecule has 0 N–H and O–H groups in total. The van der Waals surface area contributed by atoms with Crippen molar-refractivity contribution in [1.82, 2.24) is 9.80 Å². The van der Waals surface area contributed by atoms with Crippen LogP contribution in [0.3, 0.4) is 0 Å². The predicted molar refractivity (Wildman–Crippen MR) is 96.3 cm³/mol. The number of hydrogen-bond acceptors (Lipinski definition) is 2. The largest absolute Gasteiger partial charge is 0.298 e. The Hall–Kier alpha value is -0.860. The third kappa shape index (κ3) is 4.33. The van der Waals surface area contributed by atoms with Gasteiger partial charge in [-0.2, -0.15) is 0 Å². The lowest BCUT2D eigenvalue weighted by Gasteiger charge is -2.45. The van der Waals surface area contributed by atoms with E-state index < -0.39 is 0 Å². The first-order chi connectivity index (χ1) is 10.4. The molecule has 2 heteroatoms. The maximum Gasteiger partial charge on any atom is 0.0250 e. The van der Waals surface area contributed by atoms with Crippen molar-refractivity contribution in [2.24, 2.45) is 5.92 Å². The molecule has 1 saturated heterocycles. The summed E-state index contributed by atoms with van der Waals surface area (Å²) in [7, 11) is 0. The highest BCUT2D eigenvalue weighted by molar-refractivity contribution is 5.25. The zero-order chi connectivity index (χ0) is 16.3. The van der Waals surface area contributed by atoms with Gasteiger partial charge in [0, 0.05) is 38.3 Å². The van der Waals surface area contributed by atoms with Crippen LogP contribution >= 0.6 is 0 Å². The van der Waals surface area contributed by atoms with E-state index in [-0.39, 0.29) is 0 Å². The third-order valence-corrected chi connectivity index (χ3v) is 5.07. The monoisotopic (exact) mass is 302 g/mol. The van der Waals surface area contributed by atoms with E-state index in [1.807, 2.05) is 0 Å². The molecular weight excluding hydrogens is 268 g/mol. The Balaban J connectivity index is 2.09. The van der Waals surface area contributed by atoms with Gasteiger partial charge < -0.3 is 0 Å². The lowest BCUT2D eigenvalue weighted by molar-refractivity contribution is 0.0297. The van der Waals surface area contributed by atoms with Crippen molar-refractivity contribution in [1.29, 1.82) is 0 Å². The Morgan fingerprint density at radius 1 is 1.05 bits per heavy atom. The fourth-order valence-corrected chi connectivity index (χ4v) is 3.45. The summed E-state index contributed by atoms with van der Waals surface area (Å²) in [5, 5.41) is 0. The summed E-state index contributed by atoms with van der Waals surface area (Å²) in [5.41, 5.74) is 2.93. The van der Waals surface area contributed by atoms with E-state index in [4.69, 9.17) is 0 Å². The molecule has 0 aromatic heterocycles. The van der Waals surface area contributed by atoms with Gasteiger partial charge in [-0.1, -0.05) is 52.0 Å². The minimum absolute atomic E-state index is 0.610. The summed E-state index contributed by atoms with van der Waals surface area (Å²) in [6.45, 7) is 18.6. The summed E-state index contributed by atoms with van der Waals surface area (Å²) in [4.78, 5) is 5.33. The molecule has 1 aliphatic rings. The van der Waals surface area contributed by atoms with E-state index in [1.54, 1.807) is 0 Å². The van der Waals surface area contributed by atoms with Crippen molar-refractivity contribution < 1.29 is 0 Å². The van der Waals surface area contributed by atoms with E-state index in [1.165, 1.54) is 30.8 Å². The lowest BCUT2D eigenvalue weighted by Crippen LogP contribution is -2.56. The molecule has 0 unspecified atom stereocenters. The minimum Gasteiger partial charge on any atom is -0.298 e. The zero-order valence-electron chi connectivity index (χ0n) is 15.3. The first kappa shape index (κ1) is 17.5. The standard InChI is InChI=1S/C20H34N2/c1-15(2)19-9-7-8-18(12-19)13-22-11-10-21(17(5)6)14-20(22)16(3)4/h7-9,12,15-17,20H,10-11,13-14H2,1-6H3/t20-/m0/s1. The second-order valence-electron chi connectivity index (χ2n) is 7.77. The molecule has 22 heavy (non-hydrogen) atoms. The molecule has 124 valence electrons. The van der Waals surface area contributed by atoms with Crippen LogP contribution in [0.1, 0.15) is 58.6 Å². The van der Waals surface area contributed by atoms with Crippen LogP contribution in [-0.4, -0.2) is 41.5 Å². The smallest absolute Gasteiger partial charge is 0.0250 e. The Labute approximate surface area is 137 Å². The maximum atomic E-state index is 2.70. The molecular formula is C20H34N2. The highest BCUT2D eigenvalue weighted by atomic mass is 15.3. The number of piperazine rings is 1. The van der Waals surface area contributed by atoms with Crippen LogP contribution in [0.15, 0.2) is 24.3 Å². The normalized spacial score (nSPS) is 21.2. The van der Waals surface area contributed by atoms with E-state index in [0.717, 1.165) is 6.54 Å². The molecule has 0 bridgehead atoms. The number of nitrogens with zero attached hydrogens (tertiary/aromatic N) is 2. The average Bonchev–Trinajstić information content (AvgIpc) is 2.47. The van der Waals surface area contributed by atoms with Crippen LogP contribution < -0.4 is 0 Å². The third-order valence-electron chi connectivity index (χ3n) is 5.07. The molecule has 1 atom stereocenters. The lowest BCUT2D eigenvalue weighted by atomic mass is 9.96. The average molecular weight is 303 g/mol. The van der Waals surface area contributed by atoms with Crippen molar-refractivity contribution in [2.75, 3.05) is 19.6 Å². The topological polar surface area (TPSA) is 6.48 Å². The molecule has 0 amide bonds. The van der Waals surface area contributed by atoms with Gasteiger partial charge in [0.25, 0.3) is 0 Å². The molecule has 1 aromatic rings. The Morgan fingerprint density at radius 2 is 1.77 bits per heavy atom. The van der Waals surface area contributed by atoms with Gasteiger partial charge in [-0.15, -0.1) is 0 Å². The van der Waals surface area contributed by atoms with Gasteiger partial charge in [-0.3, -0.25) is 9.80 Å². The van der Waals surface area contributed by atoms with E-state index in [2.05, 4.69) is 75.6 Å². The van der Waals surface area contributed by atoms with Gasteiger partial charge in [0.2, 0.25) is 0 Å². The molecule has 2 nitrogen and oxygen atoms in total. The first-order valence-corrected chi connectivity index (χ1v) is 8.95. The highest BCUT2D eigenvalue weighted by Gasteiger charge is 2.30. The van der Waals surface area contributed by atoms with Gasteiger partial charge in [0.15, 0.2) is 0 Å². The fraction of sp³-hybridized carbons (Fsp3) is 0.700. The van der Waals surface area contributed by atoms with Crippen molar-refractivity contribution in [3.05, 3.63) is 35.4 Å². The number of rotatable bonds is 5. The molecule has 1 aromatic carbocycles. The molecule has 1 aliphatic heterocycles. The summed E-state index contributed by atoms with van der Waals surface area (Å²) in [6, 6.07) is 10.5. The molecule has 0 aliphatic carbocycles. The fourth-order valence-electron chi connectivity index (χ4n) is 3.45. The van der Waals surface area contributed by atoms with Crippen LogP contribution in [0.25, 0.3) is 0 Å². The van der Waals surface area contributed by atoms with Crippen LogP contribution in [0, 0.1) is 5.92 Å². The number of hydrogen-bond donors (Lipinski definition) is 0. The molecule has 0 saturated carbocycles. The predicted octanol–water partition coefficient (Wildman–Crippen LogP) is 4.36. The quantitative estimate of drug-likeness (QED) is 0.797. The van der Waals surface area contributed by atoms with Gasteiger partial charge in [-0.25, -0.2) is 0 Å². The highest BCUT2D eigenvalue weighted by Crippen LogP contribution is 2.23. The van der Waals surface area contributed by atoms with Crippen molar-refractivity contribution in [3.8, 4) is 0 Å². The van der Waals surface area contributed by atoms with Crippen LogP contribution in [0.5, 0.6) is 0 Å². The van der Waals surface area contributed by atoms with Crippen molar-refractivity contribution in [3.63, 3.8) is 0 Å². The van der Waals surface area contributed by atoms with E-state index >= 15 is 0 Å². The van der Waals surface area contributed by atoms with Crippen LogP contribution in [0.2, 0.25) is 0 Å². The summed E-state index contributed by atoms with van der Waals surface area (Å²) >= 11 is 0. The van der Waals surface area contributed by atoms with E-state index in [9.17, 15) is 0 Å². The van der Waals surface area contributed by atoms with Crippen molar-refractivity contribution >= 4 is 0 Å². The SMILES string of the molecule is CC(C)c1cccc(CN2CCN(C(C)C)C[C@H]2C(C)C)c1. The maximum absolute atomic E-state index is 2.70. The van der Waals surface area contributed by atoms with Crippen LogP contribution in [-0.2, 0) is 6.54 Å². The molecule has 2 rings (SSSR count). The van der Waals surface area contributed by atoms with Gasteiger partial charge in [-0.05, 0) is 36.8 Å². The first-order valence-electron chi connectivity index (χ1n) is 8.95. The van der Waals surface area contributed by atoms with Gasteiger partial charge in [0.1, 0.15) is 0 Å². The number of benzene rings is 1. The molecule has 0 radical (unpaired) electrons. The second-order valence-corrected chi connectivity index (χ2v) is 7.77. The molecule has 1 fully saturated rings. The van der Waals surface area contributed by atoms with Crippen LogP contribution in [0.4, 0.5) is 0 Å². The zero-order valence-corrected chi connectivity index (χ0v) is 15.3. The minimum atomic E-state index is 0.610. The second kappa shape index (κ2) is 7.61. The molecule has 0 spiro atoms. The Morgan fingerprint density at radius 3 is 2.36 bits per heavy atom. The van der Waals surface area contributed by atoms with Gasteiger partial charge >= 0.3 is 0 Å². The van der Waals surface area contributed by atoms with Crippen molar-refractivity contribution in [2.45, 2.75) is 66.1 Å².